The minimum absolute atomic E-state index is 0.324. The van der Waals surface area contributed by atoms with E-state index in [0.717, 1.165) is 27.2 Å². The van der Waals surface area contributed by atoms with E-state index in [2.05, 4.69) is 9.47 Å². The van der Waals surface area contributed by atoms with Crippen LogP contribution in [0.25, 0.3) is 6.08 Å². The second-order valence-electron chi connectivity index (χ2n) is 5.43. The number of esters is 5. The van der Waals surface area contributed by atoms with Crippen LogP contribution in [0.3, 0.4) is 0 Å². The highest BCUT2D eigenvalue weighted by Gasteiger charge is 2.41. The topological polar surface area (TPSA) is 132 Å². The first kappa shape index (κ1) is 23.3. The number of rotatable bonds is 8. The zero-order valence-electron chi connectivity index (χ0n) is 16.2. The maximum atomic E-state index is 12.1. The van der Waals surface area contributed by atoms with Crippen LogP contribution in [0.4, 0.5) is 0 Å². The fourth-order valence-electron chi connectivity index (χ4n) is 2.02. The predicted octanol–water partition coefficient (Wildman–Crippen LogP) is 0.815. The lowest BCUT2D eigenvalue weighted by atomic mass is 10.2. The molecule has 1 rings (SSSR count). The maximum Gasteiger partial charge on any atom is 0.351 e. The van der Waals surface area contributed by atoms with Gasteiger partial charge in [0.2, 0.25) is 12.2 Å². The summed E-state index contributed by atoms with van der Waals surface area (Å²) in [5.74, 6) is -4.27. The van der Waals surface area contributed by atoms with Crippen molar-refractivity contribution in [3.05, 3.63) is 35.9 Å². The van der Waals surface area contributed by atoms with E-state index in [0.29, 0.717) is 11.3 Å². The first-order valence-electron chi connectivity index (χ1n) is 8.18. The van der Waals surface area contributed by atoms with Crippen LogP contribution < -0.4 is 4.74 Å². The third-order valence-corrected chi connectivity index (χ3v) is 3.23. The third-order valence-electron chi connectivity index (χ3n) is 3.23. The highest BCUT2D eigenvalue weighted by atomic mass is 16.6. The van der Waals surface area contributed by atoms with Gasteiger partial charge in [-0.3, -0.25) is 9.59 Å². The highest BCUT2D eigenvalue weighted by Crippen LogP contribution is 2.14. The third kappa shape index (κ3) is 7.83. The molecule has 0 bridgehead atoms. The Morgan fingerprint density at radius 1 is 0.793 bits per heavy atom. The molecule has 0 amide bonds. The summed E-state index contributed by atoms with van der Waals surface area (Å²) in [4.78, 5) is 57.9. The van der Waals surface area contributed by atoms with E-state index in [1.807, 2.05) is 0 Å². The van der Waals surface area contributed by atoms with Crippen LogP contribution in [0.5, 0.6) is 5.75 Å². The van der Waals surface area contributed by atoms with Gasteiger partial charge in [0.15, 0.2) is 0 Å². The molecule has 0 aliphatic carbocycles. The molecule has 1 aromatic carbocycles. The molecule has 0 saturated carbocycles. The van der Waals surface area contributed by atoms with E-state index < -0.39 is 42.1 Å². The molecule has 0 aromatic heterocycles. The molecule has 10 nitrogen and oxygen atoms in total. The normalized spacial score (nSPS) is 12.4. The first-order chi connectivity index (χ1) is 13.7. The molecule has 0 saturated heterocycles. The van der Waals surface area contributed by atoms with Crippen LogP contribution >= 0.6 is 0 Å². The van der Waals surface area contributed by atoms with Crippen LogP contribution in [-0.2, 0) is 42.9 Å². The predicted molar refractivity (Wildman–Crippen MR) is 96.3 cm³/mol. The molecule has 0 fully saturated rings. The van der Waals surface area contributed by atoms with Crippen LogP contribution in [0, 0.1) is 0 Å². The van der Waals surface area contributed by atoms with Crippen molar-refractivity contribution in [1.29, 1.82) is 0 Å². The molecule has 0 aliphatic heterocycles. The van der Waals surface area contributed by atoms with Crippen molar-refractivity contribution in [3.8, 4) is 5.75 Å². The number of ether oxygens (including phenoxy) is 5. The molecule has 2 unspecified atom stereocenters. The van der Waals surface area contributed by atoms with E-state index >= 15 is 0 Å². The largest absolute Gasteiger partial charge is 0.466 e. The van der Waals surface area contributed by atoms with Crippen LogP contribution in [0.2, 0.25) is 0 Å². The Balaban J connectivity index is 2.92. The van der Waals surface area contributed by atoms with Crippen molar-refractivity contribution in [2.45, 2.75) is 26.1 Å². The molecule has 0 spiro atoms. The lowest BCUT2D eigenvalue weighted by Gasteiger charge is -2.22. The van der Waals surface area contributed by atoms with Gasteiger partial charge in [0.05, 0.1) is 14.2 Å². The number of carbonyl (C=O) groups is 5. The van der Waals surface area contributed by atoms with Gasteiger partial charge >= 0.3 is 29.8 Å². The van der Waals surface area contributed by atoms with Crippen molar-refractivity contribution in [2.24, 2.45) is 0 Å². The van der Waals surface area contributed by atoms with Crippen molar-refractivity contribution < 1.29 is 47.7 Å². The van der Waals surface area contributed by atoms with E-state index in [9.17, 15) is 24.0 Å². The molecule has 29 heavy (non-hydrogen) atoms. The number of methoxy groups -OCH3 is 2. The van der Waals surface area contributed by atoms with Gasteiger partial charge in [0, 0.05) is 19.9 Å². The quantitative estimate of drug-likeness (QED) is 0.263. The Hall–Kier alpha value is -3.69. The molecule has 0 aliphatic rings. The lowest BCUT2D eigenvalue weighted by molar-refractivity contribution is -0.187. The van der Waals surface area contributed by atoms with Gasteiger partial charge in [-0.25, -0.2) is 14.4 Å². The minimum atomic E-state index is -1.86. The summed E-state index contributed by atoms with van der Waals surface area (Å²) < 4.78 is 23.5. The van der Waals surface area contributed by atoms with Gasteiger partial charge < -0.3 is 23.7 Å². The highest BCUT2D eigenvalue weighted by molar-refractivity contribution is 5.92. The van der Waals surface area contributed by atoms with E-state index in [4.69, 9.17) is 14.2 Å². The zero-order valence-corrected chi connectivity index (χ0v) is 16.2. The maximum absolute atomic E-state index is 12.1. The van der Waals surface area contributed by atoms with Crippen molar-refractivity contribution in [2.75, 3.05) is 14.2 Å². The molecular formula is C19H20O10. The number of benzene rings is 1. The molecular weight excluding hydrogens is 388 g/mol. The van der Waals surface area contributed by atoms with E-state index in [1.54, 1.807) is 12.1 Å². The SMILES string of the molecule is COC(=O)C(OC(C)=O)C(OC(=O)C=Cc1ccc(OC(C)=O)cc1)C(=O)OC. The Morgan fingerprint density at radius 2 is 1.31 bits per heavy atom. The molecule has 1 aromatic rings. The second-order valence-corrected chi connectivity index (χ2v) is 5.43. The van der Waals surface area contributed by atoms with Crippen LogP contribution in [0.15, 0.2) is 30.3 Å². The fraction of sp³-hybridized carbons (Fsp3) is 0.316. The standard InChI is InChI=1S/C19H20O10/c1-11(20)27-14-8-5-13(6-9-14)7-10-15(22)29-17(19(24)26-4)16(18(23)25-3)28-12(2)21/h5-10,16-17H,1-4H3. The summed E-state index contributed by atoms with van der Waals surface area (Å²) in [6, 6.07) is 6.15. The van der Waals surface area contributed by atoms with Gasteiger partial charge in [-0.05, 0) is 23.8 Å². The Kier molecular flexibility index (Phi) is 9.03. The van der Waals surface area contributed by atoms with E-state index in [1.165, 1.54) is 25.1 Å². The van der Waals surface area contributed by atoms with Gasteiger partial charge in [-0.15, -0.1) is 0 Å². The smallest absolute Gasteiger partial charge is 0.351 e. The van der Waals surface area contributed by atoms with Gasteiger partial charge in [-0.2, -0.15) is 0 Å². The van der Waals surface area contributed by atoms with Crippen molar-refractivity contribution in [1.82, 2.24) is 0 Å². The van der Waals surface area contributed by atoms with Crippen molar-refractivity contribution >= 4 is 35.9 Å². The summed E-state index contributed by atoms with van der Waals surface area (Å²) in [7, 11) is 2.01. The number of hydrogen-bond donors (Lipinski definition) is 0. The fourth-order valence-corrected chi connectivity index (χ4v) is 2.02. The van der Waals surface area contributed by atoms with E-state index in [-0.39, 0.29) is 0 Å². The summed E-state index contributed by atoms with van der Waals surface area (Å²) in [5, 5.41) is 0. The lowest BCUT2D eigenvalue weighted by Crippen LogP contribution is -2.46. The summed E-state index contributed by atoms with van der Waals surface area (Å²) in [6.07, 6.45) is -1.35. The second kappa shape index (κ2) is 11.2. The molecule has 0 heterocycles. The van der Waals surface area contributed by atoms with Gasteiger partial charge in [-0.1, -0.05) is 12.1 Å². The number of hydrogen-bond acceptors (Lipinski definition) is 10. The average Bonchev–Trinajstić information content (AvgIpc) is 2.68. The molecule has 156 valence electrons. The molecule has 10 heteroatoms. The van der Waals surface area contributed by atoms with Crippen LogP contribution in [-0.4, -0.2) is 56.3 Å². The summed E-state index contributed by atoms with van der Waals surface area (Å²) in [5.41, 5.74) is 0.553. The molecule has 0 N–H and O–H groups in total. The Morgan fingerprint density at radius 3 is 1.76 bits per heavy atom. The first-order valence-corrected chi connectivity index (χ1v) is 8.18. The summed E-state index contributed by atoms with van der Waals surface area (Å²) in [6.45, 7) is 2.27. The van der Waals surface area contributed by atoms with Gasteiger partial charge in [0.25, 0.3) is 0 Å². The number of carbonyl (C=O) groups excluding carboxylic acids is 5. The minimum Gasteiger partial charge on any atom is -0.466 e. The van der Waals surface area contributed by atoms with Crippen molar-refractivity contribution in [3.63, 3.8) is 0 Å². The molecule has 2 atom stereocenters. The average molecular weight is 408 g/mol. The molecule has 0 radical (unpaired) electrons. The Labute approximate surface area is 166 Å². The zero-order chi connectivity index (χ0) is 22.0. The summed E-state index contributed by atoms with van der Waals surface area (Å²) >= 11 is 0. The van der Waals surface area contributed by atoms with Gasteiger partial charge in [0.1, 0.15) is 5.75 Å². The Bertz CT molecular complexity index is 794. The monoisotopic (exact) mass is 408 g/mol. The van der Waals surface area contributed by atoms with Crippen LogP contribution in [0.1, 0.15) is 19.4 Å².